The van der Waals surface area contributed by atoms with Gasteiger partial charge in [-0.05, 0) is 60.9 Å². The molecule has 1 saturated heterocycles. The van der Waals surface area contributed by atoms with Crippen LogP contribution in [0.3, 0.4) is 0 Å². The van der Waals surface area contributed by atoms with Gasteiger partial charge in [0.05, 0.1) is 6.67 Å². The Labute approximate surface area is 311 Å². The van der Waals surface area contributed by atoms with Crippen LogP contribution in [0.1, 0.15) is 30.4 Å². The summed E-state index contributed by atoms with van der Waals surface area (Å²) in [5.74, 6) is 1.95. The third kappa shape index (κ3) is 11.7. The second-order valence-electron chi connectivity index (χ2n) is 12.4. The van der Waals surface area contributed by atoms with Gasteiger partial charge in [-0.2, -0.15) is 37.0 Å². The third-order valence-electron chi connectivity index (χ3n) is 8.72. The number of allylic oxidation sites excluding steroid dienone is 2. The van der Waals surface area contributed by atoms with Crippen molar-refractivity contribution in [2.24, 2.45) is 28.3 Å². The maximum atomic E-state index is 15.1. The minimum absolute atomic E-state index is 0.0401. The molecule has 12 heteroatoms. The summed E-state index contributed by atoms with van der Waals surface area (Å²) < 4.78 is 15.1. The van der Waals surface area contributed by atoms with E-state index in [9.17, 15) is 4.79 Å². The number of rotatable bonds is 20. The van der Waals surface area contributed by atoms with Crippen molar-refractivity contribution in [2.45, 2.75) is 36.3 Å². The predicted octanol–water partition coefficient (Wildman–Crippen LogP) is 6.44. The van der Waals surface area contributed by atoms with E-state index in [1.165, 1.54) is 12.3 Å². The molecule has 8 nitrogen and oxygen atoms in total. The summed E-state index contributed by atoms with van der Waals surface area (Å²) in [6.45, 7) is 15.2. The molecule has 268 valence electrons. The number of hydrogen-bond donors (Lipinski definition) is 6. The van der Waals surface area contributed by atoms with Crippen LogP contribution in [0.5, 0.6) is 0 Å². The summed E-state index contributed by atoms with van der Waals surface area (Å²) in [6.07, 6.45) is 11.0. The quantitative estimate of drug-likeness (QED) is 0.0306. The Bertz CT molecular complexity index is 1580. The summed E-state index contributed by atoms with van der Waals surface area (Å²) in [6, 6.07) is 13.2. The number of aliphatic imine (C=N–C) groups is 1. The number of nitrogens with two attached hydrogens (primary N) is 2. The van der Waals surface area contributed by atoms with E-state index in [0.29, 0.717) is 54.7 Å². The Hall–Kier alpha value is -3.74. The van der Waals surface area contributed by atoms with Crippen molar-refractivity contribution in [3.63, 3.8) is 0 Å². The van der Waals surface area contributed by atoms with Crippen LogP contribution >= 0.6 is 37.0 Å². The van der Waals surface area contributed by atoms with Crippen molar-refractivity contribution in [3.05, 3.63) is 115 Å². The number of carbonyl (C=O) groups excluding carboxylic acids is 1. The Kier molecular flexibility index (Phi) is 15.3. The molecule has 4 atom stereocenters. The summed E-state index contributed by atoms with van der Waals surface area (Å²) in [5, 5.41) is 6.79. The molecule has 1 amide bonds. The second kappa shape index (κ2) is 19.6. The highest BCUT2D eigenvalue weighted by Gasteiger charge is 2.48. The van der Waals surface area contributed by atoms with Crippen LogP contribution in [0.4, 0.5) is 15.8 Å². The van der Waals surface area contributed by atoms with Gasteiger partial charge in [0.1, 0.15) is 5.82 Å². The van der Waals surface area contributed by atoms with Crippen LogP contribution in [0, 0.1) is 17.7 Å². The van der Waals surface area contributed by atoms with Gasteiger partial charge in [0.2, 0.25) is 5.91 Å². The molecule has 2 fully saturated rings. The summed E-state index contributed by atoms with van der Waals surface area (Å²) in [5.41, 5.74) is 16.2. The van der Waals surface area contributed by atoms with Crippen molar-refractivity contribution in [1.29, 1.82) is 0 Å². The molecule has 1 aliphatic carbocycles. The van der Waals surface area contributed by atoms with Gasteiger partial charge in [-0.15, -0.1) is 6.58 Å². The Morgan fingerprint density at radius 3 is 2.70 bits per heavy atom. The fourth-order valence-electron chi connectivity index (χ4n) is 5.63. The van der Waals surface area contributed by atoms with E-state index in [-0.39, 0.29) is 28.1 Å². The van der Waals surface area contributed by atoms with E-state index < -0.39 is 0 Å². The van der Waals surface area contributed by atoms with E-state index in [0.717, 1.165) is 54.4 Å². The van der Waals surface area contributed by atoms with Gasteiger partial charge in [-0.3, -0.25) is 9.79 Å². The topological polar surface area (TPSA) is 112 Å². The molecule has 1 aliphatic heterocycles. The second-order valence-corrected chi connectivity index (χ2v) is 14.8. The molecule has 2 aromatic carbocycles. The largest absolute Gasteiger partial charge is 0.403 e. The van der Waals surface area contributed by atoms with E-state index in [1.807, 2.05) is 53.6 Å². The molecule has 0 aromatic heterocycles. The minimum Gasteiger partial charge on any atom is -0.403 e. The van der Waals surface area contributed by atoms with Crippen LogP contribution in [-0.2, 0) is 11.3 Å². The highest BCUT2D eigenvalue weighted by Crippen LogP contribution is 2.49. The molecule has 2 aliphatic rings. The van der Waals surface area contributed by atoms with Gasteiger partial charge < -0.3 is 31.9 Å². The number of thioether (sulfide) groups is 1. The van der Waals surface area contributed by atoms with Crippen LogP contribution in [0.2, 0.25) is 0 Å². The maximum Gasteiger partial charge on any atom is 0.224 e. The van der Waals surface area contributed by atoms with Crippen molar-refractivity contribution in [1.82, 2.24) is 10.2 Å². The monoisotopic (exact) mass is 735 g/mol. The molecule has 4 unspecified atom stereocenters. The van der Waals surface area contributed by atoms with Gasteiger partial charge in [0, 0.05) is 101 Å². The van der Waals surface area contributed by atoms with E-state index >= 15 is 4.39 Å². The number of thiol groups is 2. The highest BCUT2D eigenvalue weighted by atomic mass is 32.2. The molecule has 0 radical (unpaired) electrons. The van der Waals surface area contributed by atoms with Crippen molar-refractivity contribution in [3.8, 4) is 0 Å². The molecule has 0 spiro atoms. The number of halogens is 1. The first-order valence-corrected chi connectivity index (χ1v) is 19.0. The fraction of sp³-hybridized carbons (Fsp3) is 0.368. The summed E-state index contributed by atoms with van der Waals surface area (Å²) in [4.78, 5) is 21.3. The smallest absolute Gasteiger partial charge is 0.224 e. The highest BCUT2D eigenvalue weighted by molar-refractivity contribution is 8.00. The summed E-state index contributed by atoms with van der Waals surface area (Å²) in [7, 11) is 0. The van der Waals surface area contributed by atoms with Gasteiger partial charge in [-0.25, -0.2) is 4.39 Å². The predicted molar refractivity (Wildman–Crippen MR) is 218 cm³/mol. The van der Waals surface area contributed by atoms with Gasteiger partial charge in [0.25, 0.3) is 0 Å². The number of carbonyl (C=O) groups is 1. The fourth-order valence-corrected chi connectivity index (χ4v) is 7.48. The molecular weight excluding hydrogens is 686 g/mol. The molecule has 0 bridgehead atoms. The Morgan fingerprint density at radius 2 is 1.98 bits per heavy atom. The van der Waals surface area contributed by atoms with E-state index in [4.69, 9.17) is 24.1 Å². The van der Waals surface area contributed by atoms with E-state index in [1.54, 1.807) is 23.9 Å². The normalized spacial score (nSPS) is 19.6. The molecule has 2 aromatic rings. The van der Waals surface area contributed by atoms with E-state index in [2.05, 4.69) is 52.9 Å². The number of nitrogens with one attached hydrogen (secondary N) is 2. The lowest BCUT2D eigenvalue weighted by Crippen LogP contribution is -2.31. The SMILES string of the molecule is C=CCCN=CCC1C(S)C1C(=C)Nc1ccc(CNC(=C)c2ccc(N3CCN(C(=O)CCSCC(S)/C=C\C(N)=C/N)C3)cc2)c(F)c1. The zero-order valence-corrected chi connectivity index (χ0v) is 31.1. The number of nitrogens with zero attached hydrogens (tertiary/aromatic N) is 3. The molecule has 4 rings (SSSR count). The first kappa shape index (κ1) is 39.1. The molecule has 6 N–H and O–H groups in total. The van der Waals surface area contributed by atoms with Crippen molar-refractivity contribution < 1.29 is 9.18 Å². The summed E-state index contributed by atoms with van der Waals surface area (Å²) >= 11 is 10.9. The van der Waals surface area contributed by atoms with Crippen LogP contribution in [0.15, 0.2) is 103 Å². The van der Waals surface area contributed by atoms with Crippen molar-refractivity contribution >= 4 is 66.2 Å². The third-order valence-corrected chi connectivity index (χ3v) is 11.1. The van der Waals surface area contributed by atoms with Crippen LogP contribution in [0.25, 0.3) is 5.70 Å². The lowest BCUT2D eigenvalue weighted by atomic mass is 10.1. The lowest BCUT2D eigenvalue weighted by Gasteiger charge is -2.20. The molecule has 1 heterocycles. The average Bonchev–Trinajstić information content (AvgIpc) is 3.49. The first-order valence-electron chi connectivity index (χ1n) is 16.8. The number of amides is 1. The minimum atomic E-state index is -0.307. The van der Waals surface area contributed by atoms with Gasteiger partial charge in [-0.1, -0.05) is 43.5 Å². The molecule has 50 heavy (non-hydrogen) atoms. The number of hydrogen-bond acceptors (Lipinski definition) is 10. The molecule has 1 saturated carbocycles. The van der Waals surface area contributed by atoms with Crippen LogP contribution in [-0.4, -0.2) is 65.3 Å². The first-order chi connectivity index (χ1) is 24.1. The Morgan fingerprint density at radius 1 is 1.20 bits per heavy atom. The lowest BCUT2D eigenvalue weighted by molar-refractivity contribution is -0.129. The standard InChI is InChI=1S/C38H50FN7OS3/c1-4-5-16-42-17-14-34-37(38(34)49)27(3)44-31-10-6-29(35(39)21-31)23-43-26(2)28-7-11-32(12-8-28)45-18-19-46(25-45)36(47)15-20-50-24-33(48)13-9-30(41)22-40/h4,6-13,17,21-22,33-34,37-38,43-44,48-49H,1-3,5,14-16,18-20,23-25,40-41H2/b13-9-,30-22+,42-17?. The Balaban J connectivity index is 1.17. The van der Waals surface area contributed by atoms with Crippen LogP contribution < -0.4 is 27.0 Å². The van der Waals surface area contributed by atoms with Crippen molar-refractivity contribution in [2.75, 3.05) is 48.0 Å². The zero-order chi connectivity index (χ0) is 36.0. The zero-order valence-electron chi connectivity index (χ0n) is 28.5. The number of benzene rings is 2. The molecular formula is C38H50FN7OS3. The van der Waals surface area contributed by atoms with Gasteiger partial charge >= 0.3 is 0 Å². The average molecular weight is 736 g/mol. The maximum absolute atomic E-state index is 15.1. The number of anilines is 2. The van der Waals surface area contributed by atoms with Gasteiger partial charge in [0.15, 0.2) is 0 Å².